The van der Waals surface area contributed by atoms with Crippen LogP contribution in [0.5, 0.6) is 0 Å². The number of benzene rings is 1. The van der Waals surface area contributed by atoms with Gasteiger partial charge in [-0.15, -0.1) is 0 Å². The zero-order chi connectivity index (χ0) is 17.3. The predicted molar refractivity (Wildman–Crippen MR) is 103 cm³/mol. The van der Waals surface area contributed by atoms with Gasteiger partial charge in [0, 0.05) is 33.3 Å². The van der Waals surface area contributed by atoms with E-state index in [1.165, 1.54) is 49.9 Å². The van der Waals surface area contributed by atoms with Gasteiger partial charge in [-0.05, 0) is 55.8 Å². The first-order valence-electron chi connectivity index (χ1n) is 9.66. The summed E-state index contributed by atoms with van der Waals surface area (Å²) in [6.07, 6.45) is 5.38. The van der Waals surface area contributed by atoms with E-state index in [1.807, 2.05) is 0 Å². The third-order valence-electron chi connectivity index (χ3n) is 4.90. The Kier molecular flexibility index (Phi) is 7.12. The van der Waals surface area contributed by atoms with Crippen LogP contribution in [0.4, 0.5) is 0 Å². The molecule has 1 heterocycles. The molecular weight excluding hydrogens is 312 g/mol. The molecule has 1 aromatic rings. The molecule has 0 spiro atoms. The maximum atomic E-state index is 5.63. The summed E-state index contributed by atoms with van der Waals surface area (Å²) >= 11 is 0. The number of guanidine groups is 1. The lowest BCUT2D eigenvalue weighted by molar-refractivity contribution is 0.129. The standard InChI is InChI=1S/C20H32N4O/c1-21-20(22-10-13-25-16-19-8-9-19)23-14-17-4-6-18(7-5-17)15-24-11-2-3-12-24/h4-7,19H,2-3,8-16H2,1H3,(H2,21,22,23). The Labute approximate surface area is 151 Å². The minimum atomic E-state index is 0.738. The van der Waals surface area contributed by atoms with E-state index in [4.69, 9.17) is 4.74 Å². The number of hydrogen-bond acceptors (Lipinski definition) is 3. The van der Waals surface area contributed by atoms with Gasteiger partial charge in [0.2, 0.25) is 0 Å². The van der Waals surface area contributed by atoms with Crippen LogP contribution in [0.25, 0.3) is 0 Å². The molecule has 2 aliphatic rings. The molecule has 1 aliphatic carbocycles. The van der Waals surface area contributed by atoms with E-state index in [0.29, 0.717) is 0 Å². The van der Waals surface area contributed by atoms with Crippen molar-refractivity contribution in [3.63, 3.8) is 0 Å². The molecule has 25 heavy (non-hydrogen) atoms. The van der Waals surface area contributed by atoms with Gasteiger partial charge in [0.15, 0.2) is 5.96 Å². The lowest BCUT2D eigenvalue weighted by Crippen LogP contribution is -2.38. The second kappa shape index (κ2) is 9.78. The van der Waals surface area contributed by atoms with Gasteiger partial charge in [-0.1, -0.05) is 24.3 Å². The summed E-state index contributed by atoms with van der Waals surface area (Å²) in [5.74, 6) is 1.65. The van der Waals surface area contributed by atoms with Gasteiger partial charge in [0.25, 0.3) is 0 Å². The zero-order valence-electron chi connectivity index (χ0n) is 15.5. The molecule has 5 heteroatoms. The third-order valence-corrected chi connectivity index (χ3v) is 4.90. The first-order valence-corrected chi connectivity index (χ1v) is 9.66. The van der Waals surface area contributed by atoms with Crippen LogP contribution < -0.4 is 10.6 Å². The summed E-state index contributed by atoms with van der Waals surface area (Å²) in [5.41, 5.74) is 2.68. The average molecular weight is 345 g/mol. The largest absolute Gasteiger partial charge is 0.379 e. The minimum absolute atomic E-state index is 0.738. The zero-order valence-corrected chi connectivity index (χ0v) is 15.5. The van der Waals surface area contributed by atoms with E-state index in [2.05, 4.69) is 44.8 Å². The van der Waals surface area contributed by atoms with Crippen LogP contribution >= 0.6 is 0 Å². The Morgan fingerprint density at radius 2 is 1.84 bits per heavy atom. The number of hydrogen-bond donors (Lipinski definition) is 2. The van der Waals surface area contributed by atoms with E-state index in [1.54, 1.807) is 7.05 Å². The molecule has 5 nitrogen and oxygen atoms in total. The van der Waals surface area contributed by atoms with E-state index in [0.717, 1.165) is 44.7 Å². The summed E-state index contributed by atoms with van der Waals surface area (Å²) in [5, 5.41) is 6.66. The highest BCUT2D eigenvalue weighted by Gasteiger charge is 2.20. The Morgan fingerprint density at radius 1 is 1.12 bits per heavy atom. The van der Waals surface area contributed by atoms with Crippen molar-refractivity contribution in [1.82, 2.24) is 15.5 Å². The molecule has 0 bridgehead atoms. The molecule has 1 saturated heterocycles. The first-order chi connectivity index (χ1) is 12.3. The topological polar surface area (TPSA) is 48.9 Å². The van der Waals surface area contributed by atoms with E-state index >= 15 is 0 Å². The van der Waals surface area contributed by atoms with Crippen molar-refractivity contribution >= 4 is 5.96 Å². The molecule has 1 aromatic carbocycles. The Morgan fingerprint density at radius 3 is 2.52 bits per heavy atom. The molecule has 1 saturated carbocycles. The van der Waals surface area contributed by atoms with Gasteiger partial charge in [0.05, 0.1) is 6.61 Å². The highest BCUT2D eigenvalue weighted by molar-refractivity contribution is 5.79. The summed E-state index contributed by atoms with van der Waals surface area (Å²) < 4.78 is 5.63. The molecule has 0 unspecified atom stereocenters. The van der Waals surface area contributed by atoms with Crippen molar-refractivity contribution in [2.75, 3.05) is 39.9 Å². The maximum absolute atomic E-state index is 5.63. The number of likely N-dealkylation sites (tertiary alicyclic amines) is 1. The predicted octanol–water partition coefficient (Wildman–Crippen LogP) is 2.37. The van der Waals surface area contributed by atoms with Crippen molar-refractivity contribution < 1.29 is 4.74 Å². The van der Waals surface area contributed by atoms with Gasteiger partial charge in [0.1, 0.15) is 0 Å². The van der Waals surface area contributed by atoms with Crippen LogP contribution in [0, 0.1) is 5.92 Å². The van der Waals surface area contributed by atoms with Gasteiger partial charge in [-0.2, -0.15) is 0 Å². The first kappa shape index (κ1) is 18.2. The lowest BCUT2D eigenvalue weighted by atomic mass is 10.1. The lowest BCUT2D eigenvalue weighted by Gasteiger charge is -2.15. The molecule has 0 radical (unpaired) electrons. The molecule has 138 valence electrons. The van der Waals surface area contributed by atoms with Crippen molar-refractivity contribution in [1.29, 1.82) is 0 Å². The number of nitrogens with zero attached hydrogens (tertiary/aromatic N) is 2. The SMILES string of the molecule is CN=C(NCCOCC1CC1)NCc1ccc(CN2CCCC2)cc1. The van der Waals surface area contributed by atoms with Gasteiger partial charge >= 0.3 is 0 Å². The second-order valence-corrected chi connectivity index (χ2v) is 7.17. The number of ether oxygens (including phenoxy) is 1. The van der Waals surface area contributed by atoms with E-state index in [9.17, 15) is 0 Å². The summed E-state index contributed by atoms with van der Waals surface area (Å²) in [6, 6.07) is 8.92. The van der Waals surface area contributed by atoms with E-state index < -0.39 is 0 Å². The minimum Gasteiger partial charge on any atom is -0.379 e. The van der Waals surface area contributed by atoms with Crippen molar-refractivity contribution in [2.45, 2.75) is 38.8 Å². The van der Waals surface area contributed by atoms with E-state index in [-0.39, 0.29) is 0 Å². The van der Waals surface area contributed by atoms with Crippen LogP contribution in [0.1, 0.15) is 36.8 Å². The quantitative estimate of drug-likeness (QED) is 0.410. The summed E-state index contributed by atoms with van der Waals surface area (Å²) in [4.78, 5) is 6.80. The van der Waals surface area contributed by atoms with Gasteiger partial charge in [-0.25, -0.2) is 0 Å². The Hall–Kier alpha value is -1.59. The van der Waals surface area contributed by atoms with Crippen LogP contribution in [0.3, 0.4) is 0 Å². The summed E-state index contributed by atoms with van der Waals surface area (Å²) in [7, 11) is 1.81. The van der Waals surface area contributed by atoms with Crippen molar-refractivity contribution in [2.24, 2.45) is 10.9 Å². The molecular formula is C20H32N4O. The van der Waals surface area contributed by atoms with Crippen molar-refractivity contribution in [3.05, 3.63) is 35.4 Å². The summed E-state index contributed by atoms with van der Waals surface area (Å²) in [6.45, 7) is 6.80. The second-order valence-electron chi connectivity index (χ2n) is 7.17. The Balaban J connectivity index is 1.32. The fraction of sp³-hybridized carbons (Fsp3) is 0.650. The molecule has 0 aromatic heterocycles. The van der Waals surface area contributed by atoms with Crippen molar-refractivity contribution in [3.8, 4) is 0 Å². The Bertz CT molecular complexity index is 533. The van der Waals surface area contributed by atoms with Gasteiger partial charge in [-0.3, -0.25) is 9.89 Å². The molecule has 2 N–H and O–H groups in total. The molecule has 0 amide bonds. The monoisotopic (exact) mass is 344 g/mol. The number of rotatable bonds is 9. The normalized spacial score (nSPS) is 18.5. The molecule has 2 fully saturated rings. The highest BCUT2D eigenvalue weighted by atomic mass is 16.5. The molecule has 0 atom stereocenters. The van der Waals surface area contributed by atoms with Crippen LogP contribution in [0.2, 0.25) is 0 Å². The fourth-order valence-electron chi connectivity index (χ4n) is 3.14. The fourth-order valence-corrected chi connectivity index (χ4v) is 3.14. The van der Waals surface area contributed by atoms with Crippen LogP contribution in [-0.2, 0) is 17.8 Å². The number of nitrogens with one attached hydrogen (secondary N) is 2. The molecule has 3 rings (SSSR count). The van der Waals surface area contributed by atoms with Gasteiger partial charge < -0.3 is 15.4 Å². The maximum Gasteiger partial charge on any atom is 0.191 e. The number of aliphatic imine (C=N–C) groups is 1. The third kappa shape index (κ3) is 6.67. The van der Waals surface area contributed by atoms with Crippen LogP contribution in [-0.4, -0.2) is 50.8 Å². The smallest absolute Gasteiger partial charge is 0.191 e. The average Bonchev–Trinajstić information content (AvgIpc) is 3.33. The molecule has 1 aliphatic heterocycles. The van der Waals surface area contributed by atoms with Crippen LogP contribution in [0.15, 0.2) is 29.3 Å². The highest BCUT2D eigenvalue weighted by Crippen LogP contribution is 2.28.